The van der Waals surface area contributed by atoms with E-state index >= 15 is 0 Å². The molecular formula is C18H30N2O. The third kappa shape index (κ3) is 4.70. The van der Waals surface area contributed by atoms with Gasteiger partial charge in [-0.25, -0.2) is 0 Å². The average molecular weight is 290 g/mol. The minimum atomic E-state index is 0.385. The molecule has 1 fully saturated rings. The lowest BCUT2D eigenvalue weighted by Gasteiger charge is -2.32. The number of ether oxygens (including phenoxy) is 1. The largest absolute Gasteiger partial charge is 0.490 e. The van der Waals surface area contributed by atoms with Gasteiger partial charge in [-0.3, -0.25) is 4.98 Å². The van der Waals surface area contributed by atoms with Gasteiger partial charge in [0.25, 0.3) is 0 Å². The number of aromatic nitrogens is 1. The summed E-state index contributed by atoms with van der Waals surface area (Å²) in [5.41, 5.74) is 2.22. The van der Waals surface area contributed by atoms with Gasteiger partial charge in [0, 0.05) is 30.1 Å². The smallest absolute Gasteiger partial charge is 0.127 e. The summed E-state index contributed by atoms with van der Waals surface area (Å²) in [7, 11) is 0. The van der Waals surface area contributed by atoms with Gasteiger partial charge in [-0.15, -0.1) is 0 Å². The van der Waals surface area contributed by atoms with E-state index in [4.69, 9.17) is 4.74 Å². The molecule has 1 aromatic heterocycles. The molecule has 2 unspecified atom stereocenters. The highest BCUT2D eigenvalue weighted by Gasteiger charge is 2.26. The Morgan fingerprint density at radius 1 is 1.29 bits per heavy atom. The zero-order chi connectivity index (χ0) is 15.1. The first-order valence-electron chi connectivity index (χ1n) is 8.57. The number of hydrogen-bond acceptors (Lipinski definition) is 3. The number of nitrogens with zero attached hydrogens (tertiary/aromatic N) is 1. The van der Waals surface area contributed by atoms with Crippen LogP contribution < -0.4 is 10.1 Å². The Morgan fingerprint density at radius 3 is 2.86 bits per heavy atom. The first-order chi connectivity index (χ1) is 10.2. The fourth-order valence-electron chi connectivity index (χ4n) is 3.16. The summed E-state index contributed by atoms with van der Waals surface area (Å²) in [5, 5.41) is 3.45. The molecule has 1 heterocycles. The van der Waals surface area contributed by atoms with E-state index in [2.05, 4.69) is 30.2 Å². The van der Waals surface area contributed by atoms with Gasteiger partial charge in [0.2, 0.25) is 0 Å². The molecule has 118 valence electrons. The maximum Gasteiger partial charge on any atom is 0.127 e. The zero-order valence-electron chi connectivity index (χ0n) is 13.8. The quantitative estimate of drug-likeness (QED) is 0.763. The second-order valence-corrected chi connectivity index (χ2v) is 6.22. The van der Waals surface area contributed by atoms with Crippen molar-refractivity contribution in [1.82, 2.24) is 10.3 Å². The molecular weight excluding hydrogens is 260 g/mol. The SMILES string of the molecule is CCCNCc1cnc(C)cc1OC1CCCCC1CC. The first kappa shape index (κ1) is 16.3. The summed E-state index contributed by atoms with van der Waals surface area (Å²) in [6.07, 6.45) is 9.89. The standard InChI is InChI=1S/C18H30N2O/c1-4-10-19-12-16-13-20-14(3)11-18(16)21-17-9-7-6-8-15(17)5-2/h11,13,15,17,19H,4-10,12H2,1-3H3. The van der Waals surface area contributed by atoms with E-state index in [-0.39, 0.29) is 0 Å². The van der Waals surface area contributed by atoms with Crippen LogP contribution in [-0.2, 0) is 6.54 Å². The van der Waals surface area contributed by atoms with Crippen LogP contribution in [0, 0.1) is 12.8 Å². The summed E-state index contributed by atoms with van der Waals surface area (Å²) in [5.74, 6) is 1.75. The van der Waals surface area contributed by atoms with E-state index in [1.807, 2.05) is 13.1 Å². The van der Waals surface area contributed by atoms with Crippen LogP contribution in [0.1, 0.15) is 63.6 Å². The molecule has 1 aliphatic carbocycles. The van der Waals surface area contributed by atoms with Crippen molar-refractivity contribution in [3.8, 4) is 5.75 Å². The van der Waals surface area contributed by atoms with E-state index < -0.39 is 0 Å². The number of rotatable bonds is 7. The fourth-order valence-corrected chi connectivity index (χ4v) is 3.16. The first-order valence-corrected chi connectivity index (χ1v) is 8.57. The highest BCUT2D eigenvalue weighted by atomic mass is 16.5. The normalized spacial score (nSPS) is 22.2. The predicted octanol–water partition coefficient (Wildman–Crippen LogP) is 4.24. The lowest BCUT2D eigenvalue weighted by atomic mass is 9.84. The van der Waals surface area contributed by atoms with Crippen molar-refractivity contribution in [2.45, 2.75) is 71.9 Å². The van der Waals surface area contributed by atoms with Crippen LogP contribution in [0.25, 0.3) is 0 Å². The molecule has 3 nitrogen and oxygen atoms in total. The number of hydrogen-bond donors (Lipinski definition) is 1. The van der Waals surface area contributed by atoms with Crippen LogP contribution in [0.4, 0.5) is 0 Å². The van der Waals surface area contributed by atoms with Crippen LogP contribution >= 0.6 is 0 Å². The summed E-state index contributed by atoms with van der Waals surface area (Å²) < 4.78 is 6.42. The monoisotopic (exact) mass is 290 g/mol. The molecule has 0 saturated heterocycles. The number of aryl methyl sites for hydroxylation is 1. The van der Waals surface area contributed by atoms with Gasteiger partial charge < -0.3 is 10.1 Å². The third-order valence-electron chi connectivity index (χ3n) is 4.46. The Hall–Kier alpha value is -1.09. The van der Waals surface area contributed by atoms with Crippen LogP contribution in [0.5, 0.6) is 5.75 Å². The second-order valence-electron chi connectivity index (χ2n) is 6.22. The molecule has 0 aliphatic heterocycles. The van der Waals surface area contributed by atoms with Crippen molar-refractivity contribution in [3.05, 3.63) is 23.5 Å². The van der Waals surface area contributed by atoms with Crippen LogP contribution in [0.3, 0.4) is 0 Å². The van der Waals surface area contributed by atoms with Gasteiger partial charge in [0.05, 0.1) is 0 Å². The predicted molar refractivity (Wildman–Crippen MR) is 87.6 cm³/mol. The van der Waals surface area contributed by atoms with E-state index in [0.717, 1.165) is 31.0 Å². The molecule has 3 heteroatoms. The number of pyridine rings is 1. The summed E-state index contributed by atoms with van der Waals surface area (Å²) in [6, 6.07) is 2.10. The molecule has 0 radical (unpaired) electrons. The number of nitrogens with one attached hydrogen (secondary N) is 1. The molecule has 21 heavy (non-hydrogen) atoms. The molecule has 0 amide bonds. The molecule has 2 rings (SSSR count). The van der Waals surface area contributed by atoms with Crippen molar-refractivity contribution >= 4 is 0 Å². The van der Waals surface area contributed by atoms with Gasteiger partial charge in [0.1, 0.15) is 11.9 Å². The van der Waals surface area contributed by atoms with E-state index in [0.29, 0.717) is 12.0 Å². The van der Waals surface area contributed by atoms with E-state index in [1.165, 1.54) is 37.7 Å². The van der Waals surface area contributed by atoms with Gasteiger partial charge in [0.15, 0.2) is 0 Å². The van der Waals surface area contributed by atoms with Crippen LogP contribution in [0.2, 0.25) is 0 Å². The molecule has 0 aromatic carbocycles. The lowest BCUT2D eigenvalue weighted by molar-refractivity contribution is 0.0891. The average Bonchev–Trinajstić information content (AvgIpc) is 2.50. The van der Waals surface area contributed by atoms with Crippen molar-refractivity contribution < 1.29 is 4.74 Å². The maximum atomic E-state index is 6.42. The topological polar surface area (TPSA) is 34.2 Å². The van der Waals surface area contributed by atoms with Gasteiger partial charge >= 0.3 is 0 Å². The Kier molecular flexibility index (Phi) is 6.50. The fraction of sp³-hybridized carbons (Fsp3) is 0.722. The lowest BCUT2D eigenvalue weighted by Crippen LogP contribution is -2.30. The van der Waals surface area contributed by atoms with Crippen LogP contribution in [-0.4, -0.2) is 17.6 Å². The highest BCUT2D eigenvalue weighted by molar-refractivity contribution is 5.33. The van der Waals surface area contributed by atoms with Crippen LogP contribution in [0.15, 0.2) is 12.3 Å². The van der Waals surface area contributed by atoms with Crippen molar-refractivity contribution in [1.29, 1.82) is 0 Å². The minimum Gasteiger partial charge on any atom is -0.490 e. The van der Waals surface area contributed by atoms with Crippen molar-refractivity contribution in [3.63, 3.8) is 0 Å². The minimum absolute atomic E-state index is 0.385. The van der Waals surface area contributed by atoms with Gasteiger partial charge in [-0.2, -0.15) is 0 Å². The second kappa shape index (κ2) is 8.38. The van der Waals surface area contributed by atoms with Crippen molar-refractivity contribution in [2.24, 2.45) is 5.92 Å². The molecule has 1 aliphatic rings. The Labute approximate surface area is 129 Å². The van der Waals surface area contributed by atoms with Gasteiger partial charge in [-0.05, 0) is 51.5 Å². The Balaban J connectivity index is 2.07. The maximum absolute atomic E-state index is 6.42. The highest BCUT2D eigenvalue weighted by Crippen LogP contribution is 2.31. The molecule has 1 aromatic rings. The Morgan fingerprint density at radius 2 is 2.10 bits per heavy atom. The Bertz CT molecular complexity index is 433. The molecule has 0 bridgehead atoms. The zero-order valence-corrected chi connectivity index (χ0v) is 13.8. The van der Waals surface area contributed by atoms with Gasteiger partial charge in [-0.1, -0.05) is 20.3 Å². The van der Waals surface area contributed by atoms with Crippen molar-refractivity contribution in [2.75, 3.05) is 6.54 Å². The molecule has 2 atom stereocenters. The molecule has 0 spiro atoms. The van der Waals surface area contributed by atoms with E-state index in [1.54, 1.807) is 0 Å². The molecule has 1 saturated carbocycles. The van der Waals surface area contributed by atoms with E-state index in [9.17, 15) is 0 Å². The molecule has 1 N–H and O–H groups in total. The third-order valence-corrected chi connectivity index (χ3v) is 4.46. The summed E-state index contributed by atoms with van der Waals surface area (Å²) in [6.45, 7) is 8.39. The summed E-state index contributed by atoms with van der Waals surface area (Å²) >= 11 is 0. The summed E-state index contributed by atoms with van der Waals surface area (Å²) in [4.78, 5) is 4.43.